The van der Waals surface area contributed by atoms with Gasteiger partial charge in [-0.05, 0) is 51.7 Å². The fourth-order valence-electron chi connectivity index (χ4n) is 2.33. The topological polar surface area (TPSA) is 30.5 Å². The van der Waals surface area contributed by atoms with Gasteiger partial charge in [0.2, 0.25) is 0 Å². The average molecular weight is 263 g/mol. The number of rotatable bonds is 8. The molecule has 3 nitrogen and oxygen atoms in total. The minimum Gasteiger partial charge on any atom is -0.490 e. The summed E-state index contributed by atoms with van der Waals surface area (Å²) in [6.45, 7) is 8.73. The predicted molar refractivity (Wildman–Crippen MR) is 77.9 cm³/mol. The quantitative estimate of drug-likeness (QED) is 0.730. The Kier molecular flexibility index (Phi) is 4.70. The monoisotopic (exact) mass is 263 g/mol. The summed E-state index contributed by atoms with van der Waals surface area (Å²) in [4.78, 5) is 0. The lowest BCUT2D eigenvalue weighted by molar-refractivity contribution is 0.253. The van der Waals surface area contributed by atoms with Crippen LogP contribution in [0.1, 0.15) is 33.6 Å². The van der Waals surface area contributed by atoms with E-state index in [4.69, 9.17) is 9.47 Å². The van der Waals surface area contributed by atoms with Gasteiger partial charge >= 0.3 is 0 Å². The van der Waals surface area contributed by atoms with Gasteiger partial charge in [0.25, 0.3) is 0 Å². The van der Waals surface area contributed by atoms with Crippen LogP contribution in [0.15, 0.2) is 24.3 Å². The van der Waals surface area contributed by atoms with E-state index >= 15 is 0 Å². The summed E-state index contributed by atoms with van der Waals surface area (Å²) in [6.07, 6.45) is 2.71. The number of nitrogens with one attached hydrogen (secondary N) is 1. The van der Waals surface area contributed by atoms with Crippen molar-refractivity contribution in [3.8, 4) is 11.5 Å². The molecule has 0 bridgehead atoms. The van der Waals surface area contributed by atoms with Crippen molar-refractivity contribution in [1.82, 2.24) is 5.32 Å². The highest BCUT2D eigenvalue weighted by molar-refractivity contribution is 5.39. The number of hydrogen-bond donors (Lipinski definition) is 1. The lowest BCUT2D eigenvalue weighted by Crippen LogP contribution is -2.43. The molecule has 1 aromatic carbocycles. The first-order valence-corrected chi connectivity index (χ1v) is 7.23. The fraction of sp³-hybridized carbons (Fsp3) is 0.625. The van der Waals surface area contributed by atoms with Crippen molar-refractivity contribution in [3.05, 3.63) is 24.3 Å². The van der Waals surface area contributed by atoms with E-state index in [1.807, 2.05) is 31.2 Å². The van der Waals surface area contributed by atoms with E-state index in [1.165, 1.54) is 12.8 Å². The second kappa shape index (κ2) is 6.29. The summed E-state index contributed by atoms with van der Waals surface area (Å²) in [5, 5.41) is 3.58. The van der Waals surface area contributed by atoms with Gasteiger partial charge in [-0.2, -0.15) is 0 Å². The Hall–Kier alpha value is -1.22. The molecule has 0 heterocycles. The molecule has 0 aliphatic heterocycles. The summed E-state index contributed by atoms with van der Waals surface area (Å²) in [5.74, 6) is 2.49. The Bertz CT molecular complexity index is 399. The Morgan fingerprint density at radius 3 is 2.37 bits per heavy atom. The third-order valence-corrected chi connectivity index (χ3v) is 3.69. The molecule has 1 aliphatic rings. The molecule has 3 heteroatoms. The smallest absolute Gasteiger partial charge is 0.161 e. The highest BCUT2D eigenvalue weighted by Gasteiger charge is 2.36. The Balaban J connectivity index is 1.76. The van der Waals surface area contributed by atoms with Crippen LogP contribution in [0.5, 0.6) is 11.5 Å². The first-order valence-electron chi connectivity index (χ1n) is 7.23. The van der Waals surface area contributed by atoms with Crippen molar-refractivity contribution in [2.75, 3.05) is 19.8 Å². The minimum atomic E-state index is 0.239. The molecule has 0 aromatic heterocycles. The van der Waals surface area contributed by atoms with Crippen molar-refractivity contribution in [2.24, 2.45) is 5.92 Å². The van der Waals surface area contributed by atoms with Gasteiger partial charge in [-0.15, -0.1) is 0 Å². The van der Waals surface area contributed by atoms with Gasteiger partial charge in [0, 0.05) is 12.1 Å². The molecule has 1 fully saturated rings. The van der Waals surface area contributed by atoms with Gasteiger partial charge in [-0.25, -0.2) is 0 Å². The summed E-state index contributed by atoms with van der Waals surface area (Å²) in [6, 6.07) is 7.84. The molecule has 106 valence electrons. The molecule has 0 radical (unpaired) electrons. The summed E-state index contributed by atoms with van der Waals surface area (Å²) in [7, 11) is 0. The Morgan fingerprint density at radius 1 is 1.16 bits per heavy atom. The van der Waals surface area contributed by atoms with Crippen LogP contribution < -0.4 is 14.8 Å². The van der Waals surface area contributed by atoms with Crippen LogP contribution >= 0.6 is 0 Å². The molecule has 0 amide bonds. The maximum Gasteiger partial charge on any atom is 0.161 e. The van der Waals surface area contributed by atoms with Gasteiger partial charge < -0.3 is 14.8 Å². The molecule has 0 spiro atoms. The van der Waals surface area contributed by atoms with Gasteiger partial charge in [0.15, 0.2) is 11.5 Å². The van der Waals surface area contributed by atoms with E-state index in [9.17, 15) is 0 Å². The molecule has 1 saturated carbocycles. The second-order valence-corrected chi connectivity index (χ2v) is 5.65. The number of hydrogen-bond acceptors (Lipinski definition) is 3. The van der Waals surface area contributed by atoms with Crippen molar-refractivity contribution in [2.45, 2.75) is 39.2 Å². The molecule has 1 N–H and O–H groups in total. The zero-order chi connectivity index (χ0) is 13.7. The average Bonchev–Trinajstić information content (AvgIpc) is 3.21. The van der Waals surface area contributed by atoms with Gasteiger partial charge in [0.05, 0.1) is 6.61 Å². The van der Waals surface area contributed by atoms with Crippen LogP contribution in [0.25, 0.3) is 0 Å². The van der Waals surface area contributed by atoms with E-state index in [1.54, 1.807) is 0 Å². The second-order valence-electron chi connectivity index (χ2n) is 5.65. The SMILES string of the molecule is CCOc1ccccc1OCCNC(C)(C)C1CC1. The van der Waals surface area contributed by atoms with E-state index < -0.39 is 0 Å². The zero-order valence-corrected chi connectivity index (χ0v) is 12.2. The zero-order valence-electron chi connectivity index (χ0n) is 12.2. The van der Waals surface area contributed by atoms with E-state index in [0.717, 1.165) is 24.0 Å². The molecular formula is C16H25NO2. The number of para-hydroxylation sites is 2. The fourth-order valence-corrected chi connectivity index (χ4v) is 2.33. The lowest BCUT2D eigenvalue weighted by atomic mass is 9.99. The third kappa shape index (κ3) is 4.13. The van der Waals surface area contributed by atoms with E-state index in [-0.39, 0.29) is 5.54 Å². The standard InChI is InChI=1S/C16H25NO2/c1-4-18-14-7-5-6-8-15(14)19-12-11-17-16(2,3)13-9-10-13/h5-8,13,17H,4,9-12H2,1-3H3. The molecule has 0 atom stereocenters. The summed E-state index contributed by atoms with van der Waals surface area (Å²) >= 11 is 0. The van der Waals surface area contributed by atoms with E-state index in [2.05, 4.69) is 19.2 Å². The molecule has 1 aliphatic carbocycles. The predicted octanol–water partition coefficient (Wildman–Crippen LogP) is 3.24. The molecule has 1 aromatic rings. The Morgan fingerprint density at radius 2 is 1.79 bits per heavy atom. The first kappa shape index (κ1) is 14.2. The Labute approximate surface area is 116 Å². The third-order valence-electron chi connectivity index (χ3n) is 3.69. The van der Waals surface area contributed by atoms with Crippen molar-refractivity contribution >= 4 is 0 Å². The summed E-state index contributed by atoms with van der Waals surface area (Å²) < 4.78 is 11.3. The molecule has 2 rings (SSSR count). The van der Waals surface area contributed by atoms with Crippen LogP contribution in [0.4, 0.5) is 0 Å². The lowest BCUT2D eigenvalue weighted by Gasteiger charge is -2.26. The van der Waals surface area contributed by atoms with Crippen LogP contribution in [-0.4, -0.2) is 25.3 Å². The van der Waals surface area contributed by atoms with Crippen molar-refractivity contribution < 1.29 is 9.47 Å². The van der Waals surface area contributed by atoms with Crippen LogP contribution in [0.3, 0.4) is 0 Å². The molecule has 0 unspecified atom stereocenters. The highest BCUT2D eigenvalue weighted by atomic mass is 16.5. The number of ether oxygens (including phenoxy) is 2. The summed E-state index contributed by atoms with van der Waals surface area (Å²) in [5.41, 5.74) is 0.239. The molecular weight excluding hydrogens is 238 g/mol. The largest absolute Gasteiger partial charge is 0.490 e. The van der Waals surface area contributed by atoms with Crippen LogP contribution in [0, 0.1) is 5.92 Å². The van der Waals surface area contributed by atoms with Gasteiger partial charge in [0.1, 0.15) is 6.61 Å². The van der Waals surface area contributed by atoms with Crippen molar-refractivity contribution in [3.63, 3.8) is 0 Å². The molecule has 19 heavy (non-hydrogen) atoms. The maximum absolute atomic E-state index is 5.80. The van der Waals surface area contributed by atoms with Gasteiger partial charge in [-0.3, -0.25) is 0 Å². The normalized spacial score (nSPS) is 15.3. The van der Waals surface area contributed by atoms with E-state index in [0.29, 0.717) is 13.2 Å². The van der Waals surface area contributed by atoms with Crippen LogP contribution in [-0.2, 0) is 0 Å². The highest BCUT2D eigenvalue weighted by Crippen LogP contribution is 2.39. The minimum absolute atomic E-state index is 0.239. The van der Waals surface area contributed by atoms with Gasteiger partial charge in [-0.1, -0.05) is 12.1 Å². The maximum atomic E-state index is 5.80. The van der Waals surface area contributed by atoms with Crippen LogP contribution in [0.2, 0.25) is 0 Å². The first-order chi connectivity index (χ1) is 9.13. The van der Waals surface area contributed by atoms with Crippen molar-refractivity contribution in [1.29, 1.82) is 0 Å². The number of benzene rings is 1. The molecule has 0 saturated heterocycles.